The van der Waals surface area contributed by atoms with E-state index in [9.17, 15) is 4.39 Å². The minimum Gasteiger partial charge on any atom is -0.399 e. The number of nitrogens with two attached hydrogens (primary N) is 1. The molecule has 0 spiro atoms. The van der Waals surface area contributed by atoms with Gasteiger partial charge in [-0.15, -0.1) is 0 Å². The van der Waals surface area contributed by atoms with E-state index in [4.69, 9.17) is 17.3 Å². The Labute approximate surface area is 107 Å². The molecule has 1 aromatic heterocycles. The summed E-state index contributed by atoms with van der Waals surface area (Å²) in [6.45, 7) is 0. The lowest BCUT2D eigenvalue weighted by atomic mass is 10.2. The first kappa shape index (κ1) is 11.0. The van der Waals surface area contributed by atoms with Crippen LogP contribution >= 0.6 is 11.6 Å². The van der Waals surface area contributed by atoms with Crippen molar-refractivity contribution in [1.29, 1.82) is 0 Å². The molecule has 0 amide bonds. The van der Waals surface area contributed by atoms with E-state index in [0.29, 0.717) is 11.5 Å². The van der Waals surface area contributed by atoms with Crippen LogP contribution in [0.25, 0.3) is 22.4 Å². The third-order valence-corrected chi connectivity index (χ3v) is 2.99. The van der Waals surface area contributed by atoms with Crippen LogP contribution < -0.4 is 5.73 Å². The first-order valence-corrected chi connectivity index (χ1v) is 5.72. The Bertz CT molecular complexity index is 736. The number of aromatic nitrogens is 2. The molecule has 1 heterocycles. The molecule has 3 rings (SSSR count). The summed E-state index contributed by atoms with van der Waals surface area (Å²) >= 11 is 5.75. The van der Waals surface area contributed by atoms with Gasteiger partial charge in [0.05, 0.1) is 16.1 Å². The summed E-state index contributed by atoms with van der Waals surface area (Å²) in [4.78, 5) is 7.53. The van der Waals surface area contributed by atoms with Crippen molar-refractivity contribution in [2.24, 2.45) is 0 Å². The van der Waals surface area contributed by atoms with Gasteiger partial charge < -0.3 is 10.7 Å². The maximum Gasteiger partial charge on any atom is 0.141 e. The molecule has 0 radical (unpaired) electrons. The van der Waals surface area contributed by atoms with Crippen molar-refractivity contribution < 1.29 is 4.39 Å². The largest absolute Gasteiger partial charge is 0.399 e. The molecule has 0 aliphatic carbocycles. The quantitative estimate of drug-likeness (QED) is 0.658. The van der Waals surface area contributed by atoms with Crippen molar-refractivity contribution in [1.82, 2.24) is 9.97 Å². The highest BCUT2D eigenvalue weighted by atomic mass is 35.5. The molecule has 18 heavy (non-hydrogen) atoms. The Morgan fingerprint density at radius 3 is 2.78 bits per heavy atom. The summed E-state index contributed by atoms with van der Waals surface area (Å²) in [5.74, 6) is 0.193. The summed E-state index contributed by atoms with van der Waals surface area (Å²) in [7, 11) is 0. The van der Waals surface area contributed by atoms with E-state index in [1.54, 1.807) is 18.2 Å². The molecule has 0 saturated heterocycles. The van der Waals surface area contributed by atoms with E-state index < -0.39 is 5.82 Å². The Morgan fingerprint density at radius 2 is 2.00 bits per heavy atom. The molecule has 90 valence electrons. The van der Waals surface area contributed by atoms with Crippen molar-refractivity contribution in [3.05, 3.63) is 47.2 Å². The number of nitrogen functional groups attached to an aromatic ring is 1. The minimum absolute atomic E-state index is 0.0764. The van der Waals surface area contributed by atoms with E-state index in [2.05, 4.69) is 9.97 Å². The second-order valence-electron chi connectivity index (χ2n) is 3.99. The van der Waals surface area contributed by atoms with Gasteiger partial charge in [0, 0.05) is 11.3 Å². The third kappa shape index (κ3) is 1.80. The SMILES string of the molecule is Nc1ccc2nc(-c3ccc(F)c(Cl)c3)[nH]c2c1. The number of hydrogen-bond acceptors (Lipinski definition) is 2. The fraction of sp³-hybridized carbons (Fsp3) is 0. The normalized spacial score (nSPS) is 11.0. The van der Waals surface area contributed by atoms with Gasteiger partial charge in [-0.2, -0.15) is 0 Å². The Kier molecular flexibility index (Phi) is 2.45. The number of aromatic amines is 1. The molecular formula is C13H9ClFN3. The smallest absolute Gasteiger partial charge is 0.141 e. The van der Waals surface area contributed by atoms with Crippen molar-refractivity contribution in [3.8, 4) is 11.4 Å². The topological polar surface area (TPSA) is 54.7 Å². The highest BCUT2D eigenvalue weighted by Gasteiger charge is 2.08. The van der Waals surface area contributed by atoms with Crippen LogP contribution in [0.15, 0.2) is 36.4 Å². The predicted molar refractivity (Wildman–Crippen MR) is 70.9 cm³/mol. The lowest BCUT2D eigenvalue weighted by Crippen LogP contribution is -1.83. The lowest BCUT2D eigenvalue weighted by Gasteiger charge is -1.98. The molecule has 2 aromatic carbocycles. The van der Waals surface area contributed by atoms with Gasteiger partial charge in [-0.25, -0.2) is 9.37 Å². The fourth-order valence-electron chi connectivity index (χ4n) is 1.81. The van der Waals surface area contributed by atoms with Crippen LogP contribution in [-0.4, -0.2) is 9.97 Å². The molecule has 0 saturated carbocycles. The molecule has 0 unspecified atom stereocenters. The first-order chi connectivity index (χ1) is 8.63. The summed E-state index contributed by atoms with van der Waals surface area (Å²) in [5, 5.41) is 0.0764. The van der Waals surface area contributed by atoms with Gasteiger partial charge in [0.1, 0.15) is 11.6 Å². The molecule has 0 fully saturated rings. The monoisotopic (exact) mass is 261 g/mol. The molecule has 5 heteroatoms. The maximum absolute atomic E-state index is 13.1. The van der Waals surface area contributed by atoms with Gasteiger partial charge in [0.15, 0.2) is 0 Å². The zero-order valence-corrected chi connectivity index (χ0v) is 10.0. The Morgan fingerprint density at radius 1 is 1.17 bits per heavy atom. The number of H-pyrrole nitrogens is 1. The molecule has 0 bridgehead atoms. The number of rotatable bonds is 1. The lowest BCUT2D eigenvalue weighted by molar-refractivity contribution is 0.628. The second-order valence-corrected chi connectivity index (χ2v) is 4.40. The van der Waals surface area contributed by atoms with Gasteiger partial charge in [-0.3, -0.25) is 0 Å². The van der Waals surface area contributed by atoms with E-state index in [-0.39, 0.29) is 5.02 Å². The van der Waals surface area contributed by atoms with Crippen LogP contribution in [0.5, 0.6) is 0 Å². The van der Waals surface area contributed by atoms with E-state index in [1.807, 2.05) is 6.07 Å². The van der Waals surface area contributed by atoms with Crippen LogP contribution in [0.2, 0.25) is 5.02 Å². The maximum atomic E-state index is 13.1. The zero-order valence-electron chi connectivity index (χ0n) is 9.24. The summed E-state index contributed by atoms with van der Waals surface area (Å²) in [5.41, 5.74) is 8.74. The van der Waals surface area contributed by atoms with Crippen molar-refractivity contribution in [3.63, 3.8) is 0 Å². The summed E-state index contributed by atoms with van der Waals surface area (Å²) in [6, 6.07) is 9.90. The molecule has 0 aliphatic rings. The second kappa shape index (κ2) is 3.99. The van der Waals surface area contributed by atoms with E-state index >= 15 is 0 Å². The van der Waals surface area contributed by atoms with Gasteiger partial charge >= 0.3 is 0 Å². The Balaban J connectivity index is 2.16. The van der Waals surface area contributed by atoms with E-state index in [0.717, 1.165) is 16.6 Å². The molecule has 0 atom stereocenters. The molecule has 0 aliphatic heterocycles. The Hall–Kier alpha value is -2.07. The minimum atomic E-state index is -0.444. The molecule has 3 aromatic rings. The van der Waals surface area contributed by atoms with Gasteiger partial charge in [0.2, 0.25) is 0 Å². The number of nitrogens with one attached hydrogen (secondary N) is 1. The number of hydrogen-bond donors (Lipinski definition) is 2. The van der Waals surface area contributed by atoms with E-state index in [1.165, 1.54) is 12.1 Å². The van der Waals surface area contributed by atoms with Gasteiger partial charge in [-0.05, 0) is 36.4 Å². The zero-order chi connectivity index (χ0) is 12.7. The molecule has 3 N–H and O–H groups in total. The number of halogens is 2. The number of nitrogens with zero attached hydrogens (tertiary/aromatic N) is 1. The molecular weight excluding hydrogens is 253 g/mol. The highest BCUT2D eigenvalue weighted by Crippen LogP contribution is 2.25. The van der Waals surface area contributed by atoms with Gasteiger partial charge in [-0.1, -0.05) is 11.6 Å². The summed E-state index contributed by atoms with van der Waals surface area (Å²) < 4.78 is 13.1. The van der Waals surface area contributed by atoms with Crippen molar-refractivity contribution in [2.45, 2.75) is 0 Å². The standard InChI is InChI=1S/C13H9ClFN3/c14-9-5-7(1-3-10(9)15)13-17-11-4-2-8(16)6-12(11)18-13/h1-6H,16H2,(H,17,18). The average molecular weight is 262 g/mol. The van der Waals surface area contributed by atoms with Gasteiger partial charge in [0.25, 0.3) is 0 Å². The first-order valence-electron chi connectivity index (χ1n) is 5.34. The fourth-order valence-corrected chi connectivity index (χ4v) is 1.99. The van der Waals surface area contributed by atoms with Crippen molar-refractivity contribution in [2.75, 3.05) is 5.73 Å². The third-order valence-electron chi connectivity index (χ3n) is 2.70. The van der Waals surface area contributed by atoms with Crippen molar-refractivity contribution >= 4 is 28.3 Å². The van der Waals surface area contributed by atoms with Crippen LogP contribution in [0.3, 0.4) is 0 Å². The van der Waals surface area contributed by atoms with Crippen LogP contribution in [0.4, 0.5) is 10.1 Å². The average Bonchev–Trinajstić information content (AvgIpc) is 2.75. The summed E-state index contributed by atoms with van der Waals surface area (Å²) in [6.07, 6.45) is 0. The van der Waals surface area contributed by atoms with Crippen LogP contribution in [-0.2, 0) is 0 Å². The number of anilines is 1. The number of imidazole rings is 1. The van der Waals surface area contributed by atoms with Crippen LogP contribution in [0.1, 0.15) is 0 Å². The number of benzene rings is 2. The van der Waals surface area contributed by atoms with Crippen LogP contribution in [0, 0.1) is 5.82 Å². The highest BCUT2D eigenvalue weighted by molar-refractivity contribution is 6.31. The molecule has 3 nitrogen and oxygen atoms in total. The predicted octanol–water partition coefficient (Wildman–Crippen LogP) is 3.60. The number of fused-ring (bicyclic) bond motifs is 1.